The lowest BCUT2D eigenvalue weighted by Gasteiger charge is -2.23. The first-order chi connectivity index (χ1) is 9.06. The zero-order valence-corrected chi connectivity index (χ0v) is 10.3. The van der Waals surface area contributed by atoms with Crippen LogP contribution in [0, 0.1) is 0 Å². The van der Waals surface area contributed by atoms with Gasteiger partial charge in [-0.1, -0.05) is 0 Å². The molecule has 6 heteroatoms. The summed E-state index contributed by atoms with van der Waals surface area (Å²) in [5.74, 6) is -0.740. The normalized spacial score (nSPS) is 18.5. The number of primary amides is 1. The van der Waals surface area contributed by atoms with Crippen molar-refractivity contribution in [1.82, 2.24) is 10.6 Å². The number of carbonyl (C=O) groups excluding carboxylic acids is 3. The molecule has 1 heterocycles. The van der Waals surface area contributed by atoms with Crippen LogP contribution in [0.25, 0.3) is 0 Å². The molecule has 1 unspecified atom stereocenters. The average molecular weight is 261 g/mol. The topological polar surface area (TPSA) is 101 Å². The lowest BCUT2D eigenvalue weighted by molar-refractivity contribution is -0.122. The van der Waals surface area contributed by atoms with E-state index < -0.39 is 5.91 Å². The van der Waals surface area contributed by atoms with Gasteiger partial charge in [0.1, 0.15) is 0 Å². The van der Waals surface area contributed by atoms with Crippen LogP contribution in [0.1, 0.15) is 33.6 Å². The van der Waals surface area contributed by atoms with Gasteiger partial charge in [-0.3, -0.25) is 14.4 Å². The molecule has 2 rings (SSSR count). The minimum atomic E-state index is -0.526. The molecule has 1 aromatic rings. The highest BCUT2D eigenvalue weighted by Gasteiger charge is 2.20. The highest BCUT2D eigenvalue weighted by molar-refractivity contribution is 5.97. The van der Waals surface area contributed by atoms with Gasteiger partial charge in [-0.15, -0.1) is 0 Å². The molecule has 1 saturated heterocycles. The number of nitrogens with two attached hydrogens (primary N) is 1. The SMILES string of the molecule is NC(=O)c1ccc(C(=O)NC2CCC(=O)NC2)cc1. The van der Waals surface area contributed by atoms with Crippen LogP contribution in [-0.4, -0.2) is 30.3 Å². The van der Waals surface area contributed by atoms with Crippen molar-refractivity contribution >= 4 is 17.7 Å². The van der Waals surface area contributed by atoms with Crippen LogP contribution in [0.3, 0.4) is 0 Å². The fourth-order valence-corrected chi connectivity index (χ4v) is 1.91. The molecular weight excluding hydrogens is 246 g/mol. The van der Waals surface area contributed by atoms with Gasteiger partial charge in [-0.2, -0.15) is 0 Å². The predicted molar refractivity (Wildman–Crippen MR) is 68.5 cm³/mol. The van der Waals surface area contributed by atoms with Crippen molar-refractivity contribution in [2.75, 3.05) is 6.54 Å². The fraction of sp³-hybridized carbons (Fsp3) is 0.308. The Morgan fingerprint density at radius 3 is 2.37 bits per heavy atom. The molecule has 6 nitrogen and oxygen atoms in total. The van der Waals surface area contributed by atoms with Crippen LogP contribution in [0.4, 0.5) is 0 Å². The van der Waals surface area contributed by atoms with Gasteiger partial charge in [0.25, 0.3) is 5.91 Å². The summed E-state index contributed by atoms with van der Waals surface area (Å²) in [5.41, 5.74) is 5.95. The zero-order chi connectivity index (χ0) is 13.8. The van der Waals surface area contributed by atoms with Crippen molar-refractivity contribution < 1.29 is 14.4 Å². The minimum absolute atomic E-state index is 0.0105. The summed E-state index contributed by atoms with van der Waals surface area (Å²) in [6.45, 7) is 0.448. The maximum atomic E-state index is 11.9. The largest absolute Gasteiger partial charge is 0.366 e. The summed E-state index contributed by atoms with van der Waals surface area (Å²) in [5, 5.41) is 5.53. The highest BCUT2D eigenvalue weighted by Crippen LogP contribution is 2.07. The summed E-state index contributed by atoms with van der Waals surface area (Å²) in [4.78, 5) is 33.8. The van der Waals surface area contributed by atoms with Crippen molar-refractivity contribution in [2.24, 2.45) is 5.73 Å². The van der Waals surface area contributed by atoms with Gasteiger partial charge < -0.3 is 16.4 Å². The summed E-state index contributed by atoms with van der Waals surface area (Å²) >= 11 is 0. The molecule has 1 fully saturated rings. The molecule has 19 heavy (non-hydrogen) atoms. The van der Waals surface area contributed by atoms with Gasteiger partial charge in [-0.25, -0.2) is 0 Å². The van der Waals surface area contributed by atoms with Crippen LogP contribution in [-0.2, 0) is 4.79 Å². The second-order valence-corrected chi connectivity index (χ2v) is 4.45. The van der Waals surface area contributed by atoms with E-state index >= 15 is 0 Å². The van der Waals surface area contributed by atoms with Crippen LogP contribution in [0.5, 0.6) is 0 Å². The van der Waals surface area contributed by atoms with E-state index in [4.69, 9.17) is 5.73 Å². The molecule has 1 aliphatic heterocycles. The Balaban J connectivity index is 1.96. The first-order valence-corrected chi connectivity index (χ1v) is 6.03. The molecule has 0 aliphatic carbocycles. The number of benzene rings is 1. The minimum Gasteiger partial charge on any atom is -0.366 e. The van der Waals surface area contributed by atoms with E-state index in [-0.39, 0.29) is 17.9 Å². The van der Waals surface area contributed by atoms with Gasteiger partial charge in [0.2, 0.25) is 11.8 Å². The number of rotatable bonds is 3. The van der Waals surface area contributed by atoms with Crippen molar-refractivity contribution in [2.45, 2.75) is 18.9 Å². The number of carbonyl (C=O) groups is 3. The molecule has 1 aromatic carbocycles. The van der Waals surface area contributed by atoms with Crippen LogP contribution >= 0.6 is 0 Å². The van der Waals surface area contributed by atoms with E-state index in [2.05, 4.69) is 10.6 Å². The van der Waals surface area contributed by atoms with Gasteiger partial charge in [0, 0.05) is 30.1 Å². The Kier molecular flexibility index (Phi) is 3.79. The number of hydrogen-bond acceptors (Lipinski definition) is 3. The number of hydrogen-bond donors (Lipinski definition) is 3. The van der Waals surface area contributed by atoms with E-state index in [9.17, 15) is 14.4 Å². The second-order valence-electron chi connectivity index (χ2n) is 4.45. The third kappa shape index (κ3) is 3.31. The molecule has 4 N–H and O–H groups in total. The highest BCUT2D eigenvalue weighted by atomic mass is 16.2. The van der Waals surface area contributed by atoms with Crippen molar-refractivity contribution in [3.8, 4) is 0 Å². The van der Waals surface area contributed by atoms with Crippen molar-refractivity contribution in [3.05, 3.63) is 35.4 Å². The smallest absolute Gasteiger partial charge is 0.251 e. The van der Waals surface area contributed by atoms with Crippen LogP contribution in [0.15, 0.2) is 24.3 Å². The van der Waals surface area contributed by atoms with Gasteiger partial charge >= 0.3 is 0 Å². The first kappa shape index (κ1) is 13.1. The molecule has 0 saturated carbocycles. The molecule has 1 aliphatic rings. The Morgan fingerprint density at radius 1 is 1.21 bits per heavy atom. The summed E-state index contributed by atoms with van der Waals surface area (Å²) in [7, 11) is 0. The van der Waals surface area contributed by atoms with Gasteiger partial charge in [-0.05, 0) is 30.7 Å². The zero-order valence-electron chi connectivity index (χ0n) is 10.3. The quantitative estimate of drug-likeness (QED) is 0.702. The Bertz CT molecular complexity index is 500. The van der Waals surface area contributed by atoms with Crippen molar-refractivity contribution in [3.63, 3.8) is 0 Å². The summed E-state index contributed by atoms with van der Waals surface area (Å²) in [6.07, 6.45) is 1.06. The summed E-state index contributed by atoms with van der Waals surface area (Å²) < 4.78 is 0. The fourth-order valence-electron chi connectivity index (χ4n) is 1.91. The predicted octanol–water partition coefficient (Wildman–Crippen LogP) is -0.206. The van der Waals surface area contributed by atoms with E-state index in [1.165, 1.54) is 12.1 Å². The second kappa shape index (κ2) is 5.51. The van der Waals surface area contributed by atoms with E-state index in [0.29, 0.717) is 30.5 Å². The Hall–Kier alpha value is -2.37. The third-order valence-electron chi connectivity index (χ3n) is 3.03. The van der Waals surface area contributed by atoms with E-state index in [1.54, 1.807) is 12.1 Å². The maximum absolute atomic E-state index is 11.9. The standard InChI is InChI=1S/C13H15N3O3/c14-12(18)8-1-3-9(4-2-8)13(19)16-10-5-6-11(17)15-7-10/h1-4,10H,5-7H2,(H2,14,18)(H,15,17)(H,16,19). The van der Waals surface area contributed by atoms with Crippen molar-refractivity contribution in [1.29, 1.82) is 0 Å². The van der Waals surface area contributed by atoms with Crippen LogP contribution in [0.2, 0.25) is 0 Å². The Labute approximate surface area is 110 Å². The number of amides is 3. The molecule has 1 atom stereocenters. The molecule has 3 amide bonds. The lowest BCUT2D eigenvalue weighted by Crippen LogP contribution is -2.47. The van der Waals surface area contributed by atoms with E-state index in [0.717, 1.165) is 0 Å². The lowest BCUT2D eigenvalue weighted by atomic mass is 10.1. The molecule has 0 aromatic heterocycles. The summed E-state index contributed by atoms with van der Waals surface area (Å²) in [6, 6.07) is 6.08. The molecule has 100 valence electrons. The first-order valence-electron chi connectivity index (χ1n) is 6.03. The average Bonchev–Trinajstić information content (AvgIpc) is 2.41. The van der Waals surface area contributed by atoms with Gasteiger partial charge in [0.05, 0.1) is 0 Å². The molecule has 0 radical (unpaired) electrons. The number of nitrogens with one attached hydrogen (secondary N) is 2. The Morgan fingerprint density at radius 2 is 1.84 bits per heavy atom. The monoisotopic (exact) mass is 261 g/mol. The molecule has 0 bridgehead atoms. The molecule has 0 spiro atoms. The van der Waals surface area contributed by atoms with E-state index in [1.807, 2.05) is 0 Å². The maximum Gasteiger partial charge on any atom is 0.251 e. The molecular formula is C13H15N3O3. The van der Waals surface area contributed by atoms with Crippen LogP contribution < -0.4 is 16.4 Å². The van der Waals surface area contributed by atoms with Gasteiger partial charge in [0.15, 0.2) is 0 Å². The third-order valence-corrected chi connectivity index (χ3v) is 3.03. The number of piperidine rings is 1.